The van der Waals surface area contributed by atoms with Crippen molar-refractivity contribution in [3.63, 3.8) is 0 Å². The number of nitrogens with one attached hydrogen (secondary N) is 1. The Kier molecular flexibility index (Phi) is 4.58. The van der Waals surface area contributed by atoms with Gasteiger partial charge in [0.05, 0.1) is 27.7 Å². The molecule has 0 aliphatic carbocycles. The molecule has 1 aliphatic rings. The minimum absolute atomic E-state index is 0.120. The highest BCUT2D eigenvalue weighted by Gasteiger charge is 2.61. The van der Waals surface area contributed by atoms with E-state index in [1.54, 1.807) is 0 Å². The van der Waals surface area contributed by atoms with Crippen LogP contribution < -0.4 is 5.32 Å². The Morgan fingerprint density at radius 2 is 1.79 bits per heavy atom. The summed E-state index contributed by atoms with van der Waals surface area (Å²) in [4.78, 5) is 0. The Morgan fingerprint density at radius 3 is 2.11 bits per heavy atom. The molecule has 1 heterocycles. The predicted molar refractivity (Wildman–Crippen MR) is 72.2 cm³/mol. The Morgan fingerprint density at radius 1 is 1.26 bits per heavy atom. The van der Waals surface area contributed by atoms with Gasteiger partial charge >= 0.3 is 0 Å². The summed E-state index contributed by atoms with van der Waals surface area (Å²) in [6.45, 7) is 3.80. The lowest BCUT2D eigenvalue weighted by molar-refractivity contribution is -0.0729. The van der Waals surface area contributed by atoms with E-state index in [-0.39, 0.29) is 5.57 Å². The minimum Gasteiger partial charge on any atom is -0.361 e. The molecular weight excluding hydrogens is 308 g/mol. The molecule has 100 valence electrons. The van der Waals surface area contributed by atoms with Crippen molar-refractivity contribution in [3.05, 3.63) is 10.2 Å². The van der Waals surface area contributed by atoms with Crippen LogP contribution in [0.3, 0.4) is 0 Å². The fraction of sp³-hybridized carbons (Fsp3) is 0.615. The number of nitrogens with zero attached hydrogens (tertiary/aromatic N) is 3. The van der Waals surface area contributed by atoms with Gasteiger partial charge in [0.2, 0.25) is 0 Å². The molecule has 1 aliphatic heterocycles. The summed E-state index contributed by atoms with van der Waals surface area (Å²) < 4.78 is 5.77. The van der Waals surface area contributed by atoms with Crippen molar-refractivity contribution in [1.82, 2.24) is 5.32 Å². The fourth-order valence-electron chi connectivity index (χ4n) is 2.86. The lowest BCUT2D eigenvalue weighted by Gasteiger charge is -2.49. The van der Waals surface area contributed by atoms with E-state index in [0.717, 1.165) is 0 Å². The second-order valence-electron chi connectivity index (χ2n) is 4.40. The normalized spacial score (nSPS) is 23.7. The van der Waals surface area contributed by atoms with Gasteiger partial charge in [-0.15, -0.1) is 0 Å². The number of halogens is 1. The van der Waals surface area contributed by atoms with Crippen molar-refractivity contribution in [2.75, 3.05) is 7.11 Å². The van der Waals surface area contributed by atoms with Crippen LogP contribution in [-0.2, 0) is 4.74 Å². The summed E-state index contributed by atoms with van der Waals surface area (Å²) in [5.41, 5.74) is -2.17. The summed E-state index contributed by atoms with van der Waals surface area (Å²) in [7, 11) is 1.52. The van der Waals surface area contributed by atoms with E-state index in [9.17, 15) is 15.8 Å². The molecule has 0 fully saturated rings. The van der Waals surface area contributed by atoms with Crippen LogP contribution in [-0.4, -0.2) is 13.3 Å². The first kappa shape index (κ1) is 15.5. The maximum Gasteiger partial charge on any atom is 0.190 e. The molecule has 0 amide bonds. The number of rotatable bonds is 3. The molecule has 1 atom stereocenters. The van der Waals surface area contributed by atoms with Crippen LogP contribution in [0.4, 0.5) is 0 Å². The van der Waals surface area contributed by atoms with E-state index >= 15 is 0 Å². The highest BCUT2D eigenvalue weighted by Crippen LogP contribution is 2.55. The van der Waals surface area contributed by atoms with Crippen molar-refractivity contribution in [2.24, 2.45) is 10.8 Å². The molecular formula is C13H15BrN4O. The van der Waals surface area contributed by atoms with Gasteiger partial charge in [0.25, 0.3) is 0 Å². The van der Waals surface area contributed by atoms with E-state index < -0.39 is 17.1 Å². The van der Waals surface area contributed by atoms with Crippen LogP contribution >= 0.6 is 15.9 Å². The fourth-order valence-corrected chi connectivity index (χ4v) is 3.46. The third kappa shape index (κ3) is 1.82. The van der Waals surface area contributed by atoms with Gasteiger partial charge in [0, 0.05) is 7.11 Å². The largest absolute Gasteiger partial charge is 0.361 e. The van der Waals surface area contributed by atoms with Crippen LogP contribution in [0.15, 0.2) is 10.2 Å². The zero-order chi connectivity index (χ0) is 14.7. The summed E-state index contributed by atoms with van der Waals surface area (Å²) >= 11 is 3.23. The molecule has 0 aromatic carbocycles. The summed E-state index contributed by atoms with van der Waals surface area (Å²) in [5.74, 6) is 0. The molecule has 1 N–H and O–H groups in total. The van der Waals surface area contributed by atoms with Gasteiger partial charge in [-0.3, -0.25) is 0 Å². The Hall–Kier alpha value is -1.55. The van der Waals surface area contributed by atoms with Crippen LogP contribution in [0, 0.1) is 44.8 Å². The average molecular weight is 323 g/mol. The van der Waals surface area contributed by atoms with E-state index in [2.05, 4.69) is 33.4 Å². The van der Waals surface area contributed by atoms with Crippen molar-refractivity contribution < 1.29 is 4.74 Å². The van der Waals surface area contributed by atoms with Gasteiger partial charge in [-0.05, 0) is 28.8 Å². The smallest absolute Gasteiger partial charge is 0.190 e. The third-order valence-electron chi connectivity index (χ3n) is 4.05. The van der Waals surface area contributed by atoms with Crippen LogP contribution in [0.1, 0.15) is 26.7 Å². The van der Waals surface area contributed by atoms with Gasteiger partial charge in [-0.1, -0.05) is 13.8 Å². The van der Waals surface area contributed by atoms with E-state index in [0.29, 0.717) is 17.4 Å². The minimum atomic E-state index is -1.52. The Bertz CT molecular complexity index is 502. The number of ether oxygens (including phenoxy) is 1. The van der Waals surface area contributed by atoms with Crippen molar-refractivity contribution >= 4 is 15.9 Å². The van der Waals surface area contributed by atoms with Gasteiger partial charge in [-0.2, -0.15) is 15.8 Å². The van der Waals surface area contributed by atoms with Gasteiger partial charge in [0.15, 0.2) is 5.41 Å². The van der Waals surface area contributed by atoms with Crippen molar-refractivity contribution in [1.29, 1.82) is 15.8 Å². The summed E-state index contributed by atoms with van der Waals surface area (Å²) in [5, 5.41) is 31.6. The number of hydrogen-bond acceptors (Lipinski definition) is 5. The third-order valence-corrected chi connectivity index (χ3v) is 4.67. The molecule has 0 radical (unpaired) electrons. The molecule has 0 spiro atoms. The number of allylic oxidation sites excluding steroid dienone is 1. The van der Waals surface area contributed by atoms with E-state index in [1.807, 2.05) is 19.9 Å². The van der Waals surface area contributed by atoms with Gasteiger partial charge < -0.3 is 10.1 Å². The first-order chi connectivity index (χ1) is 9.03. The zero-order valence-corrected chi connectivity index (χ0v) is 12.7. The zero-order valence-electron chi connectivity index (χ0n) is 11.1. The maximum atomic E-state index is 9.61. The average Bonchev–Trinajstić information content (AvgIpc) is 2.45. The topological polar surface area (TPSA) is 92.6 Å². The molecule has 0 saturated heterocycles. The first-order valence-electron chi connectivity index (χ1n) is 5.95. The molecule has 19 heavy (non-hydrogen) atoms. The van der Waals surface area contributed by atoms with Gasteiger partial charge in [-0.25, -0.2) is 0 Å². The molecule has 5 nitrogen and oxygen atoms in total. The number of hydrogen-bond donors (Lipinski definition) is 1. The van der Waals surface area contributed by atoms with Crippen molar-refractivity contribution in [2.45, 2.75) is 32.9 Å². The first-order valence-corrected chi connectivity index (χ1v) is 6.75. The van der Waals surface area contributed by atoms with Crippen LogP contribution in [0.2, 0.25) is 0 Å². The lowest BCUT2D eigenvalue weighted by atomic mass is 9.56. The molecule has 0 aromatic heterocycles. The molecule has 1 rings (SSSR count). The molecule has 0 bridgehead atoms. The Labute approximate surface area is 121 Å². The van der Waals surface area contributed by atoms with Crippen LogP contribution in [0.5, 0.6) is 0 Å². The second kappa shape index (κ2) is 5.61. The van der Waals surface area contributed by atoms with Crippen LogP contribution in [0.25, 0.3) is 0 Å². The number of methoxy groups -OCH3 is 1. The van der Waals surface area contributed by atoms with E-state index in [4.69, 9.17) is 4.74 Å². The highest BCUT2D eigenvalue weighted by molar-refractivity contribution is 9.11. The lowest BCUT2D eigenvalue weighted by Crippen LogP contribution is -2.58. The summed E-state index contributed by atoms with van der Waals surface area (Å²) in [6, 6.07) is 6.11. The Balaban J connectivity index is 3.73. The maximum absolute atomic E-state index is 9.61. The molecule has 0 saturated carbocycles. The molecule has 0 unspecified atom stereocenters. The van der Waals surface area contributed by atoms with E-state index in [1.165, 1.54) is 7.11 Å². The van der Waals surface area contributed by atoms with Gasteiger partial charge in [0.1, 0.15) is 12.3 Å². The SMILES string of the molecule is CCC1(CC)[C@@H](OC)NC(Br)=C(C#N)C1(C#N)C#N. The molecule has 0 aromatic rings. The van der Waals surface area contributed by atoms with Crippen molar-refractivity contribution in [3.8, 4) is 18.2 Å². The predicted octanol–water partition coefficient (Wildman–Crippen LogP) is 2.53. The summed E-state index contributed by atoms with van der Waals surface area (Å²) in [6.07, 6.45) is 0.580. The second-order valence-corrected chi connectivity index (χ2v) is 5.19. The number of nitriles is 3. The molecule has 6 heteroatoms. The monoisotopic (exact) mass is 322 g/mol. The highest BCUT2D eigenvalue weighted by atomic mass is 79.9. The quantitative estimate of drug-likeness (QED) is 0.806. The standard InChI is InChI=1S/C13H15BrN4O/c1-4-12(5-2)11(19-3)18-10(14)9(6-15)13(12,7-16)8-17/h11,18H,4-5H2,1-3H3/t11-/m1/s1.